The van der Waals surface area contributed by atoms with E-state index >= 15 is 0 Å². The van der Waals surface area contributed by atoms with Crippen LogP contribution >= 0.6 is 0 Å². The number of anilines is 1. The zero-order chi connectivity index (χ0) is 23.4. The standard InChI is InChI=1S/C24H26N6O3/c1-14(17-6-4-16(23(31)25-2)11-21(17)33-3)8-9-26-22-12-19(27-13-28-22)15-5-7-18-20(10-15)30-24(32)29-18/h4-7,10-14H,8-9H2,1-3H3,(H,25,31)(H,26,27,28)(H2,29,30,32). The highest BCUT2D eigenvalue weighted by Crippen LogP contribution is 2.30. The van der Waals surface area contributed by atoms with Crippen LogP contribution in [0.1, 0.15) is 35.2 Å². The van der Waals surface area contributed by atoms with Gasteiger partial charge in [-0.25, -0.2) is 14.8 Å². The topological polar surface area (TPSA) is 125 Å². The zero-order valence-corrected chi connectivity index (χ0v) is 18.7. The molecule has 4 N–H and O–H groups in total. The fourth-order valence-electron chi connectivity index (χ4n) is 3.78. The first kappa shape index (κ1) is 22.1. The number of rotatable bonds is 8. The molecule has 0 spiro atoms. The molecular weight excluding hydrogens is 420 g/mol. The minimum Gasteiger partial charge on any atom is -0.496 e. The third-order valence-electron chi connectivity index (χ3n) is 5.62. The van der Waals surface area contributed by atoms with Crippen molar-refractivity contribution in [2.75, 3.05) is 26.0 Å². The molecule has 2 aromatic carbocycles. The number of hydrogen-bond donors (Lipinski definition) is 4. The molecule has 0 bridgehead atoms. The van der Waals surface area contributed by atoms with Gasteiger partial charge in [-0.1, -0.05) is 19.1 Å². The molecule has 4 aromatic rings. The number of carbonyl (C=O) groups is 1. The molecule has 33 heavy (non-hydrogen) atoms. The van der Waals surface area contributed by atoms with Crippen LogP contribution in [0.25, 0.3) is 22.3 Å². The predicted molar refractivity (Wildman–Crippen MR) is 128 cm³/mol. The SMILES string of the molecule is CNC(=O)c1ccc(C(C)CCNc2cc(-c3ccc4[nH]c(=O)[nH]c4c3)ncn2)c(OC)c1. The highest BCUT2D eigenvalue weighted by Gasteiger charge is 2.14. The van der Waals surface area contributed by atoms with E-state index in [0.717, 1.165) is 40.1 Å². The molecule has 0 fully saturated rings. The molecule has 9 nitrogen and oxygen atoms in total. The van der Waals surface area contributed by atoms with Crippen molar-refractivity contribution < 1.29 is 9.53 Å². The van der Waals surface area contributed by atoms with Gasteiger partial charge in [0.15, 0.2) is 0 Å². The van der Waals surface area contributed by atoms with E-state index in [-0.39, 0.29) is 17.5 Å². The van der Waals surface area contributed by atoms with E-state index in [1.807, 2.05) is 36.4 Å². The molecule has 1 amide bonds. The fraction of sp³-hybridized carbons (Fsp3) is 0.250. The van der Waals surface area contributed by atoms with Gasteiger partial charge in [0.25, 0.3) is 5.91 Å². The molecule has 1 unspecified atom stereocenters. The number of nitrogens with zero attached hydrogens (tertiary/aromatic N) is 2. The van der Waals surface area contributed by atoms with Crippen LogP contribution in [0.3, 0.4) is 0 Å². The second-order valence-corrected chi connectivity index (χ2v) is 7.78. The van der Waals surface area contributed by atoms with Crippen molar-refractivity contribution in [3.63, 3.8) is 0 Å². The minimum atomic E-state index is -0.235. The summed E-state index contributed by atoms with van der Waals surface area (Å²) in [6.07, 6.45) is 2.36. The molecule has 4 rings (SSSR count). The van der Waals surface area contributed by atoms with Crippen molar-refractivity contribution in [3.8, 4) is 17.0 Å². The quantitative estimate of drug-likeness (QED) is 0.329. The lowest BCUT2D eigenvalue weighted by atomic mass is 9.95. The number of H-pyrrole nitrogens is 2. The second kappa shape index (κ2) is 9.56. The van der Waals surface area contributed by atoms with E-state index in [9.17, 15) is 9.59 Å². The third-order valence-corrected chi connectivity index (χ3v) is 5.62. The first-order valence-electron chi connectivity index (χ1n) is 10.7. The van der Waals surface area contributed by atoms with E-state index in [2.05, 4.69) is 37.5 Å². The van der Waals surface area contributed by atoms with Crippen LogP contribution in [0.15, 0.2) is 53.6 Å². The Morgan fingerprint density at radius 3 is 2.70 bits per heavy atom. The molecule has 1 atom stereocenters. The minimum absolute atomic E-state index is 0.143. The number of aromatic nitrogens is 4. The number of aromatic amines is 2. The molecule has 0 saturated carbocycles. The lowest BCUT2D eigenvalue weighted by molar-refractivity contribution is 0.0962. The maximum Gasteiger partial charge on any atom is 0.323 e. The van der Waals surface area contributed by atoms with Crippen LogP contribution in [-0.2, 0) is 0 Å². The molecule has 0 aliphatic carbocycles. The number of ether oxygens (including phenoxy) is 1. The highest BCUT2D eigenvalue weighted by atomic mass is 16.5. The van der Waals surface area contributed by atoms with Crippen molar-refractivity contribution in [3.05, 3.63) is 70.4 Å². The second-order valence-electron chi connectivity index (χ2n) is 7.78. The Kier molecular flexibility index (Phi) is 6.39. The van der Waals surface area contributed by atoms with Gasteiger partial charge in [0.05, 0.1) is 23.8 Å². The number of imidazole rings is 1. The van der Waals surface area contributed by atoms with Gasteiger partial charge in [-0.15, -0.1) is 0 Å². The molecule has 0 saturated heterocycles. The molecule has 2 heterocycles. The summed E-state index contributed by atoms with van der Waals surface area (Å²) in [5, 5.41) is 5.98. The number of hydrogen-bond acceptors (Lipinski definition) is 6. The van der Waals surface area contributed by atoms with Crippen LogP contribution in [0.4, 0.5) is 5.82 Å². The normalized spacial score (nSPS) is 11.8. The number of methoxy groups -OCH3 is 1. The number of amides is 1. The van der Waals surface area contributed by atoms with Gasteiger partial charge in [-0.2, -0.15) is 0 Å². The number of nitrogens with one attached hydrogen (secondary N) is 4. The van der Waals surface area contributed by atoms with Crippen LogP contribution in [0.2, 0.25) is 0 Å². The van der Waals surface area contributed by atoms with Gasteiger partial charge in [0.1, 0.15) is 17.9 Å². The van der Waals surface area contributed by atoms with Crippen LogP contribution in [0.5, 0.6) is 5.75 Å². The van der Waals surface area contributed by atoms with Crippen LogP contribution < -0.4 is 21.1 Å². The lowest BCUT2D eigenvalue weighted by Gasteiger charge is -2.17. The monoisotopic (exact) mass is 446 g/mol. The summed E-state index contributed by atoms with van der Waals surface area (Å²) in [6, 6.07) is 13.1. The first-order chi connectivity index (χ1) is 16.0. The Labute approximate surface area is 190 Å². The Balaban J connectivity index is 1.42. The largest absolute Gasteiger partial charge is 0.496 e. The lowest BCUT2D eigenvalue weighted by Crippen LogP contribution is -2.18. The Morgan fingerprint density at radius 1 is 1.09 bits per heavy atom. The van der Waals surface area contributed by atoms with E-state index < -0.39 is 0 Å². The van der Waals surface area contributed by atoms with E-state index in [0.29, 0.717) is 17.9 Å². The number of carbonyl (C=O) groups excluding carboxylic acids is 1. The summed E-state index contributed by atoms with van der Waals surface area (Å²) in [6.45, 7) is 2.82. The smallest absolute Gasteiger partial charge is 0.323 e. The van der Waals surface area contributed by atoms with Crippen molar-refractivity contribution in [2.45, 2.75) is 19.3 Å². The first-order valence-corrected chi connectivity index (χ1v) is 10.7. The molecule has 9 heteroatoms. The van der Waals surface area contributed by atoms with Gasteiger partial charge in [0, 0.05) is 30.8 Å². The summed E-state index contributed by atoms with van der Waals surface area (Å²) in [5.74, 6) is 1.49. The maximum absolute atomic E-state index is 11.9. The fourth-order valence-corrected chi connectivity index (χ4v) is 3.78. The molecule has 170 valence electrons. The van der Waals surface area contributed by atoms with Crippen LogP contribution in [-0.4, -0.2) is 46.5 Å². The maximum atomic E-state index is 11.9. The van der Waals surface area contributed by atoms with Crippen molar-refractivity contribution in [1.29, 1.82) is 0 Å². The van der Waals surface area contributed by atoms with Gasteiger partial charge < -0.3 is 25.3 Å². The molecule has 0 aliphatic rings. The van der Waals surface area contributed by atoms with Crippen molar-refractivity contribution in [2.24, 2.45) is 0 Å². The zero-order valence-electron chi connectivity index (χ0n) is 18.7. The summed E-state index contributed by atoms with van der Waals surface area (Å²) in [7, 11) is 3.22. The Bertz CT molecular complexity index is 1340. The summed E-state index contributed by atoms with van der Waals surface area (Å²) in [5.41, 5.74) is 4.51. The van der Waals surface area contributed by atoms with E-state index in [4.69, 9.17) is 4.74 Å². The average molecular weight is 447 g/mol. The van der Waals surface area contributed by atoms with Crippen molar-refractivity contribution >= 4 is 22.8 Å². The van der Waals surface area contributed by atoms with Gasteiger partial charge in [-0.3, -0.25) is 4.79 Å². The van der Waals surface area contributed by atoms with E-state index in [1.54, 1.807) is 20.2 Å². The average Bonchev–Trinajstić information content (AvgIpc) is 3.22. The molecule has 2 aromatic heterocycles. The molecule has 0 radical (unpaired) electrons. The predicted octanol–water partition coefficient (Wildman–Crippen LogP) is 3.29. The number of benzene rings is 2. The highest BCUT2D eigenvalue weighted by molar-refractivity contribution is 5.94. The van der Waals surface area contributed by atoms with Crippen molar-refractivity contribution in [1.82, 2.24) is 25.3 Å². The summed E-state index contributed by atoms with van der Waals surface area (Å²) in [4.78, 5) is 37.6. The molecular formula is C24H26N6O3. The van der Waals surface area contributed by atoms with E-state index in [1.165, 1.54) is 6.33 Å². The van der Waals surface area contributed by atoms with Crippen LogP contribution in [0, 0.1) is 0 Å². The summed E-state index contributed by atoms with van der Waals surface area (Å²) >= 11 is 0. The van der Waals surface area contributed by atoms with Gasteiger partial charge in [0.2, 0.25) is 0 Å². The Hall–Kier alpha value is -4.14. The van der Waals surface area contributed by atoms with Gasteiger partial charge in [-0.05, 0) is 42.2 Å². The Morgan fingerprint density at radius 2 is 1.91 bits per heavy atom. The third kappa shape index (κ3) is 4.87. The number of fused-ring (bicyclic) bond motifs is 1. The summed E-state index contributed by atoms with van der Waals surface area (Å²) < 4.78 is 5.52. The van der Waals surface area contributed by atoms with Gasteiger partial charge >= 0.3 is 5.69 Å². The molecule has 0 aliphatic heterocycles.